The molecule has 0 bridgehead atoms. The molecule has 4 rings (SSSR count). The molecule has 1 N–H and O–H groups in total. The normalized spacial score (nSPS) is 16.4. The molecule has 0 saturated carbocycles. The largest absolute Gasteiger partial charge is 0.497 e. The molecule has 3 aromatic carbocycles. The summed E-state index contributed by atoms with van der Waals surface area (Å²) in [5.41, 5.74) is 3.44. The van der Waals surface area contributed by atoms with Crippen molar-refractivity contribution in [3.63, 3.8) is 0 Å². The van der Waals surface area contributed by atoms with Crippen molar-refractivity contribution >= 4 is 21.6 Å². The number of hydrogen-bond donors (Lipinski definition) is 1. The number of rotatable bonds is 5. The van der Waals surface area contributed by atoms with Gasteiger partial charge < -0.3 is 10.1 Å². The molecular formula is C24H24N2O4S. The van der Waals surface area contributed by atoms with Crippen LogP contribution in [0, 0.1) is 6.92 Å². The fourth-order valence-corrected chi connectivity index (χ4v) is 5.29. The number of carbonyl (C=O) groups excluding carboxylic acids is 1. The zero-order chi connectivity index (χ0) is 22.0. The van der Waals surface area contributed by atoms with E-state index in [1.165, 1.54) is 4.31 Å². The Morgan fingerprint density at radius 3 is 2.26 bits per heavy atom. The molecule has 1 aliphatic heterocycles. The highest BCUT2D eigenvalue weighted by molar-refractivity contribution is 7.89. The molecule has 0 radical (unpaired) electrons. The van der Waals surface area contributed by atoms with Gasteiger partial charge in [-0.3, -0.25) is 4.79 Å². The van der Waals surface area contributed by atoms with Gasteiger partial charge in [0.1, 0.15) is 11.8 Å². The van der Waals surface area contributed by atoms with Gasteiger partial charge in [0, 0.05) is 12.2 Å². The Hall–Kier alpha value is -3.16. The van der Waals surface area contributed by atoms with Crippen LogP contribution in [0.2, 0.25) is 0 Å². The molecule has 1 heterocycles. The second-order valence-electron chi connectivity index (χ2n) is 7.57. The van der Waals surface area contributed by atoms with Gasteiger partial charge in [-0.05, 0) is 60.9 Å². The molecule has 0 fully saturated rings. The van der Waals surface area contributed by atoms with Crippen LogP contribution in [0.15, 0.2) is 77.7 Å². The van der Waals surface area contributed by atoms with Crippen LogP contribution in [0.4, 0.5) is 5.69 Å². The molecule has 0 aromatic heterocycles. The van der Waals surface area contributed by atoms with Gasteiger partial charge in [-0.1, -0.05) is 42.0 Å². The van der Waals surface area contributed by atoms with Gasteiger partial charge in [0.2, 0.25) is 15.9 Å². The molecule has 1 atom stereocenters. The van der Waals surface area contributed by atoms with E-state index in [4.69, 9.17) is 4.74 Å². The van der Waals surface area contributed by atoms with E-state index in [0.717, 1.165) is 16.7 Å². The summed E-state index contributed by atoms with van der Waals surface area (Å²) >= 11 is 0. The Morgan fingerprint density at radius 2 is 1.61 bits per heavy atom. The molecule has 6 nitrogen and oxygen atoms in total. The molecule has 0 unspecified atom stereocenters. The number of ether oxygens (including phenoxy) is 1. The third-order valence-corrected chi connectivity index (χ3v) is 7.36. The highest BCUT2D eigenvalue weighted by Crippen LogP contribution is 2.30. The topological polar surface area (TPSA) is 75.7 Å². The number of aryl methyl sites for hydroxylation is 1. The minimum atomic E-state index is -3.87. The molecule has 160 valence electrons. The lowest BCUT2D eigenvalue weighted by molar-refractivity contribution is -0.120. The molecular weight excluding hydrogens is 412 g/mol. The predicted octanol–water partition coefficient (Wildman–Crippen LogP) is 3.76. The second-order valence-corrected chi connectivity index (χ2v) is 9.46. The van der Waals surface area contributed by atoms with Gasteiger partial charge in [0.15, 0.2) is 0 Å². The number of methoxy groups -OCH3 is 1. The average Bonchev–Trinajstić information content (AvgIpc) is 2.79. The number of anilines is 1. The average molecular weight is 437 g/mol. The lowest BCUT2D eigenvalue weighted by Crippen LogP contribution is -2.50. The first-order valence-corrected chi connectivity index (χ1v) is 11.4. The van der Waals surface area contributed by atoms with Crippen LogP contribution in [-0.4, -0.2) is 31.8 Å². The van der Waals surface area contributed by atoms with Gasteiger partial charge in [0.25, 0.3) is 0 Å². The zero-order valence-electron chi connectivity index (χ0n) is 17.4. The zero-order valence-corrected chi connectivity index (χ0v) is 18.2. The van der Waals surface area contributed by atoms with Crippen LogP contribution in [-0.2, 0) is 27.8 Å². The Labute approximate surface area is 182 Å². The number of amides is 1. The lowest BCUT2D eigenvalue weighted by atomic mass is 9.95. The monoisotopic (exact) mass is 436 g/mol. The third kappa shape index (κ3) is 4.33. The summed E-state index contributed by atoms with van der Waals surface area (Å²) in [5, 5.41) is 2.86. The van der Waals surface area contributed by atoms with E-state index in [2.05, 4.69) is 5.32 Å². The van der Waals surface area contributed by atoms with Gasteiger partial charge >= 0.3 is 0 Å². The van der Waals surface area contributed by atoms with Crippen molar-refractivity contribution in [1.82, 2.24) is 4.31 Å². The molecule has 3 aromatic rings. The van der Waals surface area contributed by atoms with Crippen molar-refractivity contribution in [2.24, 2.45) is 0 Å². The van der Waals surface area contributed by atoms with E-state index < -0.39 is 16.1 Å². The van der Waals surface area contributed by atoms with E-state index in [0.29, 0.717) is 17.9 Å². The standard InChI is InChI=1S/C24H24N2O4S/c1-17-7-13-22(14-8-17)31(28,29)26-16-19-6-4-3-5-18(19)15-23(26)24(27)25-20-9-11-21(30-2)12-10-20/h3-14,23H,15-16H2,1-2H3,(H,25,27)/t23-/m1/s1. The van der Waals surface area contributed by atoms with E-state index in [-0.39, 0.29) is 17.3 Å². The maximum atomic E-state index is 13.5. The summed E-state index contributed by atoms with van der Waals surface area (Å²) in [5.74, 6) is 0.309. The fourth-order valence-electron chi connectivity index (χ4n) is 3.72. The quantitative estimate of drug-likeness (QED) is 0.661. The molecule has 1 aliphatic rings. The minimum absolute atomic E-state index is 0.146. The highest BCUT2D eigenvalue weighted by Gasteiger charge is 2.39. The number of benzene rings is 3. The smallest absolute Gasteiger partial charge is 0.244 e. The summed E-state index contributed by atoms with van der Waals surface area (Å²) < 4.78 is 33.4. The first-order chi connectivity index (χ1) is 14.9. The summed E-state index contributed by atoms with van der Waals surface area (Å²) in [4.78, 5) is 13.4. The fraction of sp³-hybridized carbons (Fsp3) is 0.208. The van der Waals surface area contributed by atoms with Crippen LogP contribution in [0.3, 0.4) is 0 Å². The molecule has 1 amide bonds. The second kappa shape index (κ2) is 8.53. The minimum Gasteiger partial charge on any atom is -0.497 e. The van der Waals surface area contributed by atoms with Crippen LogP contribution < -0.4 is 10.1 Å². The molecule has 31 heavy (non-hydrogen) atoms. The van der Waals surface area contributed by atoms with Gasteiger partial charge in [-0.2, -0.15) is 4.31 Å². The maximum Gasteiger partial charge on any atom is 0.244 e. The van der Waals surface area contributed by atoms with Crippen LogP contribution >= 0.6 is 0 Å². The number of carbonyl (C=O) groups is 1. The van der Waals surface area contributed by atoms with Crippen LogP contribution in [0.25, 0.3) is 0 Å². The van der Waals surface area contributed by atoms with Gasteiger partial charge in [0.05, 0.1) is 12.0 Å². The Balaban J connectivity index is 1.68. The number of nitrogens with one attached hydrogen (secondary N) is 1. The SMILES string of the molecule is COc1ccc(NC(=O)[C@H]2Cc3ccccc3CN2S(=O)(=O)c2ccc(C)cc2)cc1. The van der Waals surface area contributed by atoms with E-state index in [1.807, 2.05) is 31.2 Å². The molecule has 0 spiro atoms. The first-order valence-electron chi connectivity index (χ1n) is 9.99. The highest BCUT2D eigenvalue weighted by atomic mass is 32.2. The summed E-state index contributed by atoms with van der Waals surface area (Å²) in [6.07, 6.45) is 0.309. The number of nitrogens with zero attached hydrogens (tertiary/aromatic N) is 1. The van der Waals surface area contributed by atoms with Crippen molar-refractivity contribution in [1.29, 1.82) is 0 Å². The number of hydrogen-bond acceptors (Lipinski definition) is 4. The molecule has 7 heteroatoms. The number of fused-ring (bicyclic) bond motifs is 1. The van der Waals surface area contributed by atoms with Crippen molar-refractivity contribution in [3.05, 3.63) is 89.5 Å². The molecule has 0 saturated heterocycles. The van der Waals surface area contributed by atoms with Crippen molar-refractivity contribution in [3.8, 4) is 5.75 Å². The predicted molar refractivity (Wildman–Crippen MR) is 119 cm³/mol. The summed E-state index contributed by atoms with van der Waals surface area (Å²) in [6, 6.07) is 20.4. The summed E-state index contributed by atoms with van der Waals surface area (Å²) in [7, 11) is -2.30. The first kappa shape index (κ1) is 21.1. The maximum absolute atomic E-state index is 13.5. The summed E-state index contributed by atoms with van der Waals surface area (Å²) in [6.45, 7) is 2.05. The Kier molecular flexibility index (Phi) is 5.80. The third-order valence-electron chi connectivity index (χ3n) is 5.49. The van der Waals surface area contributed by atoms with E-state index in [1.54, 1.807) is 55.6 Å². The lowest BCUT2D eigenvalue weighted by Gasteiger charge is -2.35. The van der Waals surface area contributed by atoms with E-state index in [9.17, 15) is 13.2 Å². The van der Waals surface area contributed by atoms with Crippen molar-refractivity contribution in [2.75, 3.05) is 12.4 Å². The van der Waals surface area contributed by atoms with Crippen LogP contribution in [0.1, 0.15) is 16.7 Å². The number of sulfonamides is 1. The van der Waals surface area contributed by atoms with E-state index >= 15 is 0 Å². The Bertz CT molecular complexity index is 1190. The van der Waals surface area contributed by atoms with Crippen molar-refractivity contribution < 1.29 is 17.9 Å². The van der Waals surface area contributed by atoms with Crippen LogP contribution in [0.5, 0.6) is 5.75 Å². The Morgan fingerprint density at radius 1 is 0.968 bits per heavy atom. The van der Waals surface area contributed by atoms with Crippen molar-refractivity contribution in [2.45, 2.75) is 30.8 Å². The van der Waals surface area contributed by atoms with Gasteiger partial charge in [-0.15, -0.1) is 0 Å². The molecule has 0 aliphatic carbocycles. The van der Waals surface area contributed by atoms with Gasteiger partial charge in [-0.25, -0.2) is 8.42 Å².